The number of pyridine rings is 1. The molecular weight excluding hydrogens is 304 g/mol. The predicted octanol–water partition coefficient (Wildman–Crippen LogP) is 1.89. The highest BCUT2D eigenvalue weighted by atomic mass is 35.5. The fourth-order valence-electron chi connectivity index (χ4n) is 2.07. The Morgan fingerprint density at radius 1 is 1.36 bits per heavy atom. The molecule has 0 aliphatic heterocycles. The van der Waals surface area contributed by atoms with Crippen LogP contribution in [0.15, 0.2) is 47.4 Å². The number of carbonyl (C=O) groups excluding carboxylic acids is 1. The zero-order valence-electron chi connectivity index (χ0n) is 12.1. The van der Waals surface area contributed by atoms with E-state index in [0.717, 1.165) is 0 Å². The second-order valence-corrected chi connectivity index (χ2v) is 5.39. The largest absolute Gasteiger partial charge is 0.388 e. The molecule has 0 fully saturated rings. The lowest BCUT2D eigenvalue weighted by molar-refractivity contribution is 0.0940. The van der Waals surface area contributed by atoms with Crippen molar-refractivity contribution in [3.8, 4) is 0 Å². The molecule has 2 rings (SSSR count). The van der Waals surface area contributed by atoms with Crippen molar-refractivity contribution in [2.75, 3.05) is 6.54 Å². The van der Waals surface area contributed by atoms with Gasteiger partial charge in [-0.1, -0.05) is 23.7 Å². The van der Waals surface area contributed by atoms with E-state index >= 15 is 0 Å². The van der Waals surface area contributed by atoms with Gasteiger partial charge in [0.1, 0.15) is 5.56 Å². The van der Waals surface area contributed by atoms with Crippen LogP contribution in [0, 0.1) is 0 Å². The van der Waals surface area contributed by atoms with Crippen LogP contribution in [0.4, 0.5) is 0 Å². The number of aromatic nitrogens is 1. The molecule has 1 amide bonds. The van der Waals surface area contributed by atoms with Crippen molar-refractivity contribution in [1.82, 2.24) is 9.88 Å². The van der Waals surface area contributed by atoms with Crippen molar-refractivity contribution in [2.45, 2.75) is 12.5 Å². The standard InChI is InChI=1S/C16H17ClN2O3/c1-19-9-3-6-13(16(19)22)15(21)18-8-7-14(20)11-4-2-5-12(17)10-11/h2-6,9-10,14,20H,7-8H2,1H3,(H,18,21)/t14-/m1/s1. The molecular formula is C16H17ClN2O3. The van der Waals surface area contributed by atoms with Crippen molar-refractivity contribution in [3.63, 3.8) is 0 Å². The molecule has 0 unspecified atom stereocenters. The molecule has 5 nitrogen and oxygen atoms in total. The van der Waals surface area contributed by atoms with Crippen LogP contribution in [0.5, 0.6) is 0 Å². The third kappa shape index (κ3) is 3.96. The zero-order chi connectivity index (χ0) is 16.1. The lowest BCUT2D eigenvalue weighted by Crippen LogP contribution is -2.32. The van der Waals surface area contributed by atoms with Gasteiger partial charge in [0.2, 0.25) is 0 Å². The molecule has 0 aliphatic carbocycles. The summed E-state index contributed by atoms with van der Waals surface area (Å²) >= 11 is 5.87. The van der Waals surface area contributed by atoms with Crippen LogP contribution in [-0.4, -0.2) is 22.1 Å². The van der Waals surface area contributed by atoms with E-state index in [4.69, 9.17) is 11.6 Å². The molecule has 0 radical (unpaired) electrons. The SMILES string of the molecule is Cn1cccc(C(=O)NCC[C@@H](O)c2cccc(Cl)c2)c1=O. The minimum atomic E-state index is -0.724. The fourth-order valence-corrected chi connectivity index (χ4v) is 2.27. The number of hydrogen-bond acceptors (Lipinski definition) is 3. The molecule has 0 bridgehead atoms. The van der Waals surface area contributed by atoms with Gasteiger partial charge in [-0.3, -0.25) is 9.59 Å². The first-order chi connectivity index (χ1) is 10.5. The molecule has 1 aromatic carbocycles. The third-order valence-electron chi connectivity index (χ3n) is 3.30. The van der Waals surface area contributed by atoms with Crippen LogP contribution in [-0.2, 0) is 7.05 Å². The Balaban J connectivity index is 1.92. The van der Waals surface area contributed by atoms with E-state index in [0.29, 0.717) is 17.0 Å². The molecule has 1 aromatic heterocycles. The monoisotopic (exact) mass is 320 g/mol. The quantitative estimate of drug-likeness (QED) is 0.883. The van der Waals surface area contributed by atoms with Gasteiger partial charge in [-0.2, -0.15) is 0 Å². The lowest BCUT2D eigenvalue weighted by atomic mass is 10.1. The lowest BCUT2D eigenvalue weighted by Gasteiger charge is -2.12. The van der Waals surface area contributed by atoms with Crippen LogP contribution in [0.2, 0.25) is 5.02 Å². The second-order valence-electron chi connectivity index (χ2n) is 4.95. The number of aryl methyl sites for hydroxylation is 1. The molecule has 0 spiro atoms. The van der Waals surface area contributed by atoms with E-state index in [9.17, 15) is 14.7 Å². The van der Waals surface area contributed by atoms with Crippen molar-refractivity contribution in [1.29, 1.82) is 0 Å². The average molecular weight is 321 g/mol. The summed E-state index contributed by atoms with van der Waals surface area (Å²) in [5.74, 6) is -0.445. The van der Waals surface area contributed by atoms with Crippen LogP contribution >= 0.6 is 11.6 Å². The van der Waals surface area contributed by atoms with E-state index in [1.54, 1.807) is 43.6 Å². The van der Waals surface area contributed by atoms with E-state index in [1.165, 1.54) is 10.6 Å². The molecule has 0 aliphatic rings. The Kier molecular flexibility index (Phi) is 5.35. The molecule has 6 heteroatoms. The summed E-state index contributed by atoms with van der Waals surface area (Å²) < 4.78 is 1.34. The minimum absolute atomic E-state index is 0.0854. The molecule has 1 heterocycles. The maximum absolute atomic E-state index is 12.0. The van der Waals surface area contributed by atoms with Crippen molar-refractivity contribution >= 4 is 17.5 Å². The minimum Gasteiger partial charge on any atom is -0.388 e. The molecule has 0 saturated heterocycles. The summed E-state index contributed by atoms with van der Waals surface area (Å²) in [7, 11) is 1.59. The smallest absolute Gasteiger partial charge is 0.263 e. The van der Waals surface area contributed by atoms with Gasteiger partial charge < -0.3 is 15.0 Å². The molecule has 22 heavy (non-hydrogen) atoms. The number of hydrogen-bond donors (Lipinski definition) is 2. The van der Waals surface area contributed by atoms with Gasteiger partial charge in [-0.05, 0) is 36.2 Å². The highest BCUT2D eigenvalue weighted by molar-refractivity contribution is 6.30. The first-order valence-electron chi connectivity index (χ1n) is 6.86. The number of nitrogens with one attached hydrogen (secondary N) is 1. The summed E-state index contributed by atoms with van der Waals surface area (Å²) in [6.45, 7) is 0.255. The van der Waals surface area contributed by atoms with Crippen LogP contribution < -0.4 is 10.9 Å². The molecule has 2 aromatic rings. The Labute approximate surface area is 133 Å². The molecule has 116 valence electrons. The second kappa shape index (κ2) is 7.24. The fraction of sp³-hybridized carbons (Fsp3) is 0.250. The number of nitrogens with zero attached hydrogens (tertiary/aromatic N) is 1. The number of carbonyl (C=O) groups is 1. The van der Waals surface area contributed by atoms with Crippen molar-refractivity contribution in [2.24, 2.45) is 7.05 Å². The maximum atomic E-state index is 12.0. The number of aliphatic hydroxyl groups excluding tert-OH is 1. The van der Waals surface area contributed by atoms with Gasteiger partial charge >= 0.3 is 0 Å². The Hall–Kier alpha value is -2.11. The Morgan fingerprint density at radius 2 is 2.14 bits per heavy atom. The predicted molar refractivity (Wildman–Crippen MR) is 85.0 cm³/mol. The number of halogens is 1. The summed E-state index contributed by atoms with van der Waals surface area (Å²) in [6.07, 6.45) is 1.19. The highest BCUT2D eigenvalue weighted by Crippen LogP contribution is 2.19. The first-order valence-corrected chi connectivity index (χ1v) is 7.24. The molecule has 0 saturated carbocycles. The normalized spacial score (nSPS) is 12.0. The zero-order valence-corrected chi connectivity index (χ0v) is 12.9. The molecule has 1 atom stereocenters. The molecule has 2 N–H and O–H groups in total. The van der Waals surface area contributed by atoms with Gasteiger partial charge in [0.05, 0.1) is 6.10 Å². The van der Waals surface area contributed by atoms with Gasteiger partial charge in [0.15, 0.2) is 0 Å². The Morgan fingerprint density at radius 3 is 2.86 bits per heavy atom. The van der Waals surface area contributed by atoms with Crippen LogP contribution in [0.25, 0.3) is 0 Å². The van der Waals surface area contributed by atoms with E-state index < -0.39 is 12.0 Å². The van der Waals surface area contributed by atoms with E-state index in [-0.39, 0.29) is 17.7 Å². The van der Waals surface area contributed by atoms with Crippen LogP contribution in [0.3, 0.4) is 0 Å². The summed E-state index contributed by atoms with van der Waals surface area (Å²) in [6, 6.07) is 10.0. The van der Waals surface area contributed by atoms with Gasteiger partial charge in [0, 0.05) is 24.8 Å². The Bertz CT molecular complexity index is 727. The van der Waals surface area contributed by atoms with Crippen molar-refractivity contribution < 1.29 is 9.90 Å². The summed E-state index contributed by atoms with van der Waals surface area (Å²) in [5.41, 5.74) is 0.426. The number of rotatable bonds is 5. The third-order valence-corrected chi connectivity index (χ3v) is 3.54. The van der Waals surface area contributed by atoms with Gasteiger partial charge in [-0.15, -0.1) is 0 Å². The highest BCUT2D eigenvalue weighted by Gasteiger charge is 2.12. The number of benzene rings is 1. The number of amides is 1. The van der Waals surface area contributed by atoms with Gasteiger partial charge in [0.25, 0.3) is 11.5 Å². The average Bonchev–Trinajstić information content (AvgIpc) is 2.49. The summed E-state index contributed by atoms with van der Waals surface area (Å²) in [4.78, 5) is 23.8. The summed E-state index contributed by atoms with van der Waals surface area (Å²) in [5, 5.41) is 13.2. The van der Waals surface area contributed by atoms with Crippen LogP contribution in [0.1, 0.15) is 28.4 Å². The van der Waals surface area contributed by atoms with E-state index in [1.807, 2.05) is 0 Å². The van der Waals surface area contributed by atoms with E-state index in [2.05, 4.69) is 5.32 Å². The van der Waals surface area contributed by atoms with Gasteiger partial charge in [-0.25, -0.2) is 0 Å². The van der Waals surface area contributed by atoms with Crippen molar-refractivity contribution in [3.05, 3.63) is 69.1 Å². The number of aliphatic hydroxyl groups is 1. The first kappa shape index (κ1) is 16.3. The topological polar surface area (TPSA) is 71.3 Å². The maximum Gasteiger partial charge on any atom is 0.263 e.